The van der Waals surface area contributed by atoms with Crippen LogP contribution >= 0.6 is 12.4 Å². The minimum Gasteiger partial charge on any atom is -0.507 e. The number of anilines is 1. The minimum absolute atomic E-state index is 0. The van der Waals surface area contributed by atoms with Crippen molar-refractivity contribution in [2.45, 2.75) is 6.54 Å². The van der Waals surface area contributed by atoms with Crippen molar-refractivity contribution in [2.75, 3.05) is 5.32 Å². The van der Waals surface area contributed by atoms with Gasteiger partial charge in [-0.2, -0.15) is 0 Å². The van der Waals surface area contributed by atoms with Gasteiger partial charge in [0.1, 0.15) is 11.6 Å². The Balaban J connectivity index is 0.00000200. The van der Waals surface area contributed by atoms with Crippen molar-refractivity contribution in [1.82, 2.24) is 0 Å². The number of amides is 1. The number of carbonyl (C=O) groups is 1. The van der Waals surface area contributed by atoms with Crippen LogP contribution < -0.4 is 11.1 Å². The number of nitrogens with one attached hydrogen (secondary N) is 1. The third-order valence-corrected chi connectivity index (χ3v) is 2.65. The Hall–Kier alpha value is -2.11. The summed E-state index contributed by atoms with van der Waals surface area (Å²) in [5, 5.41) is 12.1. The van der Waals surface area contributed by atoms with Crippen LogP contribution in [0.5, 0.6) is 5.75 Å². The Morgan fingerprint density at radius 1 is 1.20 bits per heavy atom. The smallest absolute Gasteiger partial charge is 0.259 e. The molecule has 2 rings (SSSR count). The summed E-state index contributed by atoms with van der Waals surface area (Å²) in [6, 6.07) is 10.2. The summed E-state index contributed by atoms with van der Waals surface area (Å²) in [5.74, 6) is -1.49. The van der Waals surface area contributed by atoms with Crippen LogP contribution in [0.3, 0.4) is 0 Å². The number of aromatic hydroxyl groups is 1. The molecular weight excluding hydrogens is 283 g/mol. The van der Waals surface area contributed by atoms with Crippen LogP contribution in [0.15, 0.2) is 42.5 Å². The van der Waals surface area contributed by atoms with Crippen molar-refractivity contribution in [1.29, 1.82) is 0 Å². The van der Waals surface area contributed by atoms with Gasteiger partial charge in [-0.1, -0.05) is 12.1 Å². The van der Waals surface area contributed by atoms with Crippen LogP contribution in [0.1, 0.15) is 15.9 Å². The van der Waals surface area contributed by atoms with Crippen LogP contribution in [-0.4, -0.2) is 11.0 Å². The van der Waals surface area contributed by atoms with E-state index in [9.17, 15) is 14.3 Å². The quantitative estimate of drug-likeness (QED) is 0.815. The molecule has 4 nitrogen and oxygen atoms in total. The molecule has 4 N–H and O–H groups in total. The lowest BCUT2D eigenvalue weighted by molar-refractivity contribution is 0.102. The van der Waals surface area contributed by atoms with Gasteiger partial charge in [0, 0.05) is 18.3 Å². The molecule has 0 saturated carbocycles. The molecular formula is C14H14ClFN2O2. The van der Waals surface area contributed by atoms with Crippen LogP contribution in [-0.2, 0) is 6.54 Å². The first-order chi connectivity index (χ1) is 9.10. The maximum Gasteiger partial charge on any atom is 0.259 e. The molecule has 0 bridgehead atoms. The van der Waals surface area contributed by atoms with Crippen LogP contribution in [0.4, 0.5) is 10.1 Å². The summed E-state index contributed by atoms with van der Waals surface area (Å²) in [6.07, 6.45) is 0. The van der Waals surface area contributed by atoms with Crippen molar-refractivity contribution in [2.24, 2.45) is 5.73 Å². The van der Waals surface area contributed by atoms with Gasteiger partial charge < -0.3 is 16.2 Å². The zero-order chi connectivity index (χ0) is 13.8. The predicted molar refractivity (Wildman–Crippen MR) is 77.6 cm³/mol. The first kappa shape index (κ1) is 15.9. The summed E-state index contributed by atoms with van der Waals surface area (Å²) in [5.41, 5.74) is 7.01. The van der Waals surface area contributed by atoms with Gasteiger partial charge in [0.25, 0.3) is 5.91 Å². The molecule has 0 fully saturated rings. The minimum atomic E-state index is -0.596. The fourth-order valence-corrected chi connectivity index (χ4v) is 1.62. The normalized spacial score (nSPS) is 9.70. The van der Waals surface area contributed by atoms with Crippen molar-refractivity contribution in [3.8, 4) is 5.75 Å². The molecule has 6 heteroatoms. The number of phenolic OH excluding ortho intramolecular Hbond substituents is 1. The van der Waals surface area contributed by atoms with Gasteiger partial charge in [-0.25, -0.2) is 4.39 Å². The maximum atomic E-state index is 12.8. The number of halogens is 2. The topological polar surface area (TPSA) is 75.3 Å². The highest BCUT2D eigenvalue weighted by Gasteiger charge is 2.11. The van der Waals surface area contributed by atoms with Crippen molar-refractivity contribution in [3.63, 3.8) is 0 Å². The third-order valence-electron chi connectivity index (χ3n) is 2.65. The zero-order valence-electron chi connectivity index (χ0n) is 10.5. The first-order valence-corrected chi connectivity index (χ1v) is 5.69. The van der Waals surface area contributed by atoms with Gasteiger partial charge in [-0.05, 0) is 29.8 Å². The highest BCUT2D eigenvalue weighted by molar-refractivity contribution is 6.06. The van der Waals surface area contributed by atoms with Crippen molar-refractivity contribution >= 4 is 24.0 Å². The van der Waals surface area contributed by atoms with Crippen molar-refractivity contribution in [3.05, 3.63) is 59.4 Å². The van der Waals surface area contributed by atoms with E-state index < -0.39 is 17.5 Å². The number of hydrogen-bond acceptors (Lipinski definition) is 3. The molecule has 0 aliphatic carbocycles. The Morgan fingerprint density at radius 2 is 1.85 bits per heavy atom. The predicted octanol–water partition coefficient (Wildman–Crippen LogP) is 2.66. The maximum absolute atomic E-state index is 12.8. The fraction of sp³-hybridized carbons (Fsp3) is 0.0714. The van der Waals surface area contributed by atoms with Gasteiger partial charge in [0.05, 0.1) is 5.56 Å². The van der Waals surface area contributed by atoms with Crippen LogP contribution in [0.2, 0.25) is 0 Å². The van der Waals surface area contributed by atoms with E-state index >= 15 is 0 Å². The van der Waals surface area contributed by atoms with Crippen molar-refractivity contribution < 1.29 is 14.3 Å². The molecule has 106 valence electrons. The van der Waals surface area contributed by atoms with E-state index in [1.54, 1.807) is 24.3 Å². The standard InChI is InChI=1S/C14H13FN2O2.ClH/c15-10-3-6-12(13(18)7-10)14(19)17-11-4-1-9(8-16)2-5-11;/h1-7,18H,8,16H2,(H,17,19);1H. The monoisotopic (exact) mass is 296 g/mol. The zero-order valence-corrected chi connectivity index (χ0v) is 11.3. The highest BCUT2D eigenvalue weighted by atomic mass is 35.5. The van der Waals surface area contributed by atoms with E-state index in [0.717, 1.165) is 17.7 Å². The van der Waals surface area contributed by atoms with E-state index in [4.69, 9.17) is 5.73 Å². The van der Waals surface area contributed by atoms with Crippen LogP contribution in [0.25, 0.3) is 0 Å². The lowest BCUT2D eigenvalue weighted by Gasteiger charge is -2.07. The Bertz CT molecular complexity index is 603. The Labute approximate surface area is 121 Å². The second-order valence-electron chi connectivity index (χ2n) is 4.02. The Morgan fingerprint density at radius 3 is 2.40 bits per heavy atom. The highest BCUT2D eigenvalue weighted by Crippen LogP contribution is 2.19. The molecule has 0 spiro atoms. The molecule has 0 atom stereocenters. The van der Waals surface area contributed by atoms with Gasteiger partial charge in [-0.15, -0.1) is 12.4 Å². The third kappa shape index (κ3) is 3.69. The Kier molecular flexibility index (Phi) is 5.49. The molecule has 20 heavy (non-hydrogen) atoms. The average Bonchev–Trinajstić information content (AvgIpc) is 2.39. The number of phenols is 1. The number of carbonyl (C=O) groups excluding carboxylic acids is 1. The average molecular weight is 297 g/mol. The molecule has 0 saturated heterocycles. The molecule has 2 aromatic carbocycles. The van der Waals surface area contributed by atoms with Gasteiger partial charge in [0.15, 0.2) is 0 Å². The lowest BCUT2D eigenvalue weighted by atomic mass is 10.1. The first-order valence-electron chi connectivity index (χ1n) is 5.69. The number of rotatable bonds is 3. The lowest BCUT2D eigenvalue weighted by Crippen LogP contribution is -2.12. The number of nitrogens with two attached hydrogens (primary N) is 1. The second kappa shape index (κ2) is 6.88. The summed E-state index contributed by atoms with van der Waals surface area (Å²) in [4.78, 5) is 11.9. The molecule has 0 heterocycles. The second-order valence-corrected chi connectivity index (χ2v) is 4.02. The van der Waals surface area contributed by atoms with E-state index in [0.29, 0.717) is 12.2 Å². The van der Waals surface area contributed by atoms with Gasteiger partial charge in [0.2, 0.25) is 0 Å². The molecule has 0 radical (unpaired) electrons. The van der Waals surface area contributed by atoms with Gasteiger partial charge >= 0.3 is 0 Å². The SMILES string of the molecule is Cl.NCc1ccc(NC(=O)c2ccc(F)cc2O)cc1. The number of benzene rings is 2. The molecule has 1 amide bonds. The molecule has 0 aliphatic heterocycles. The van der Waals surface area contributed by atoms with Crippen LogP contribution in [0, 0.1) is 5.82 Å². The summed E-state index contributed by atoms with van der Waals surface area (Å²) in [6.45, 7) is 0.424. The summed E-state index contributed by atoms with van der Waals surface area (Å²) < 4.78 is 12.8. The van der Waals surface area contributed by atoms with E-state index in [1.807, 2.05) is 0 Å². The summed E-state index contributed by atoms with van der Waals surface area (Å²) in [7, 11) is 0. The van der Waals surface area contributed by atoms with E-state index in [2.05, 4.69) is 5.32 Å². The molecule has 2 aromatic rings. The largest absolute Gasteiger partial charge is 0.507 e. The van der Waals surface area contributed by atoms with Gasteiger partial charge in [-0.3, -0.25) is 4.79 Å². The summed E-state index contributed by atoms with van der Waals surface area (Å²) >= 11 is 0. The van der Waals surface area contributed by atoms with E-state index in [1.165, 1.54) is 6.07 Å². The number of hydrogen-bond donors (Lipinski definition) is 3. The molecule has 0 unspecified atom stereocenters. The van der Waals surface area contributed by atoms with E-state index in [-0.39, 0.29) is 18.0 Å². The molecule has 0 aromatic heterocycles. The molecule has 0 aliphatic rings. The fourth-order valence-electron chi connectivity index (χ4n) is 1.62.